The number of nitrogens with zero attached hydrogens (tertiary/aromatic N) is 3. The van der Waals surface area contributed by atoms with Crippen molar-refractivity contribution < 1.29 is 9.53 Å². The van der Waals surface area contributed by atoms with Crippen molar-refractivity contribution in [1.29, 1.82) is 0 Å². The van der Waals surface area contributed by atoms with E-state index in [-0.39, 0.29) is 18.1 Å². The first-order valence-electron chi connectivity index (χ1n) is 8.46. The lowest BCUT2D eigenvalue weighted by atomic mass is 9.94. The average Bonchev–Trinajstić information content (AvgIpc) is 3.16. The molecule has 1 aliphatic carbocycles. The predicted molar refractivity (Wildman–Crippen MR) is 91.1 cm³/mol. The van der Waals surface area contributed by atoms with E-state index in [9.17, 15) is 4.79 Å². The fraction of sp³-hybridized carbons (Fsp3) is 0.500. The van der Waals surface area contributed by atoms with Gasteiger partial charge in [-0.3, -0.25) is 4.79 Å². The molecule has 1 fully saturated rings. The third-order valence-electron chi connectivity index (χ3n) is 4.46. The van der Waals surface area contributed by atoms with Crippen LogP contribution in [-0.2, 0) is 7.05 Å². The molecule has 0 spiro atoms. The van der Waals surface area contributed by atoms with Crippen molar-refractivity contribution in [2.24, 2.45) is 7.05 Å². The number of aryl methyl sites for hydroxylation is 1. The number of nitrogens with one attached hydrogen (secondary N) is 1. The van der Waals surface area contributed by atoms with Crippen molar-refractivity contribution in [2.45, 2.75) is 51.2 Å². The van der Waals surface area contributed by atoms with E-state index in [4.69, 9.17) is 4.74 Å². The predicted octanol–water partition coefficient (Wildman–Crippen LogP) is 2.67. The third-order valence-corrected chi connectivity index (χ3v) is 4.46. The summed E-state index contributed by atoms with van der Waals surface area (Å²) in [6.45, 7) is 4.04. The Labute approximate surface area is 142 Å². The summed E-state index contributed by atoms with van der Waals surface area (Å²) < 4.78 is 7.20. The van der Waals surface area contributed by atoms with Crippen LogP contribution in [0.25, 0.3) is 0 Å². The van der Waals surface area contributed by atoms with E-state index >= 15 is 0 Å². The molecule has 1 heterocycles. The fourth-order valence-electron chi connectivity index (χ4n) is 3.34. The Balaban J connectivity index is 1.69. The van der Waals surface area contributed by atoms with Gasteiger partial charge in [-0.15, -0.1) is 5.10 Å². The van der Waals surface area contributed by atoms with Crippen molar-refractivity contribution >= 4 is 5.91 Å². The van der Waals surface area contributed by atoms with Crippen LogP contribution in [0.5, 0.6) is 5.75 Å². The molecule has 0 saturated heterocycles. The standard InChI is InChI=1S/C18H24N4O2/c1-12(2)24-14-9-7-13(8-10-14)15-5-4-6-16(15)20-18(23)17-11-19-21-22(17)3/h7-12,15-16H,4-6H2,1-3H3,(H,20,23)/t15-,16-/m0/s1. The number of carbonyl (C=O) groups is 1. The highest BCUT2D eigenvalue weighted by Crippen LogP contribution is 2.35. The second-order valence-electron chi connectivity index (χ2n) is 6.60. The van der Waals surface area contributed by atoms with Crippen LogP contribution in [-0.4, -0.2) is 33.0 Å². The second-order valence-corrected chi connectivity index (χ2v) is 6.60. The van der Waals surface area contributed by atoms with Crippen LogP contribution >= 0.6 is 0 Å². The molecule has 1 aromatic heterocycles. The Morgan fingerprint density at radius 2 is 2.04 bits per heavy atom. The van der Waals surface area contributed by atoms with E-state index < -0.39 is 0 Å². The summed E-state index contributed by atoms with van der Waals surface area (Å²) in [6.07, 6.45) is 4.85. The van der Waals surface area contributed by atoms with Gasteiger partial charge in [0.05, 0.1) is 12.3 Å². The first kappa shape index (κ1) is 16.5. The van der Waals surface area contributed by atoms with Crippen LogP contribution in [0.3, 0.4) is 0 Å². The number of hydrogen-bond acceptors (Lipinski definition) is 4. The molecule has 2 atom stereocenters. The van der Waals surface area contributed by atoms with Gasteiger partial charge < -0.3 is 10.1 Å². The van der Waals surface area contributed by atoms with Crippen molar-refractivity contribution in [1.82, 2.24) is 20.3 Å². The lowest BCUT2D eigenvalue weighted by Gasteiger charge is -2.22. The van der Waals surface area contributed by atoms with Crippen LogP contribution in [0.2, 0.25) is 0 Å². The quantitative estimate of drug-likeness (QED) is 0.916. The van der Waals surface area contributed by atoms with Crippen LogP contribution in [0.4, 0.5) is 0 Å². The molecule has 24 heavy (non-hydrogen) atoms. The van der Waals surface area contributed by atoms with E-state index in [1.54, 1.807) is 7.05 Å². The zero-order valence-electron chi connectivity index (χ0n) is 14.4. The number of benzene rings is 1. The number of carbonyl (C=O) groups excluding carboxylic acids is 1. The molecule has 128 valence electrons. The number of rotatable bonds is 5. The summed E-state index contributed by atoms with van der Waals surface area (Å²) >= 11 is 0. The fourth-order valence-corrected chi connectivity index (χ4v) is 3.34. The molecule has 1 aliphatic rings. The minimum Gasteiger partial charge on any atom is -0.491 e. The third kappa shape index (κ3) is 3.58. The molecule has 0 unspecified atom stereocenters. The summed E-state index contributed by atoms with van der Waals surface area (Å²) in [5.41, 5.74) is 1.73. The SMILES string of the molecule is CC(C)Oc1ccc([C@@H]2CCC[C@@H]2NC(=O)c2cnnn2C)cc1. The smallest absolute Gasteiger partial charge is 0.271 e. The number of aromatic nitrogens is 3. The molecule has 6 nitrogen and oxygen atoms in total. The molecule has 0 aliphatic heterocycles. The van der Waals surface area contributed by atoms with Gasteiger partial charge in [-0.25, -0.2) is 4.68 Å². The van der Waals surface area contributed by atoms with Gasteiger partial charge in [-0.2, -0.15) is 0 Å². The highest BCUT2D eigenvalue weighted by molar-refractivity contribution is 5.92. The monoisotopic (exact) mass is 328 g/mol. The van der Waals surface area contributed by atoms with Gasteiger partial charge in [-0.05, 0) is 44.4 Å². The lowest BCUT2D eigenvalue weighted by Crippen LogP contribution is -2.37. The minimum atomic E-state index is -0.112. The normalized spacial score (nSPS) is 20.3. The van der Waals surface area contributed by atoms with Crippen LogP contribution in [0.15, 0.2) is 30.5 Å². The average molecular weight is 328 g/mol. The van der Waals surface area contributed by atoms with E-state index in [0.717, 1.165) is 25.0 Å². The second kappa shape index (κ2) is 7.03. The van der Waals surface area contributed by atoms with Gasteiger partial charge in [0.1, 0.15) is 11.4 Å². The van der Waals surface area contributed by atoms with Gasteiger partial charge in [0.25, 0.3) is 5.91 Å². The molecular weight excluding hydrogens is 304 g/mol. The van der Waals surface area contributed by atoms with Crippen LogP contribution in [0, 0.1) is 0 Å². The number of ether oxygens (including phenoxy) is 1. The van der Waals surface area contributed by atoms with Gasteiger partial charge in [0.2, 0.25) is 0 Å². The Bertz CT molecular complexity index is 693. The van der Waals surface area contributed by atoms with Crippen LogP contribution in [0.1, 0.15) is 55.1 Å². The summed E-state index contributed by atoms with van der Waals surface area (Å²) in [5.74, 6) is 1.11. The molecule has 1 aromatic carbocycles. The Morgan fingerprint density at radius 3 is 2.67 bits per heavy atom. The number of hydrogen-bond donors (Lipinski definition) is 1. The Kier molecular flexibility index (Phi) is 4.83. The summed E-state index contributed by atoms with van der Waals surface area (Å²) in [6, 6.07) is 8.39. The summed E-state index contributed by atoms with van der Waals surface area (Å²) in [4.78, 5) is 12.4. The maximum Gasteiger partial charge on any atom is 0.271 e. The van der Waals surface area contributed by atoms with E-state index in [1.807, 2.05) is 26.0 Å². The van der Waals surface area contributed by atoms with Crippen molar-refractivity contribution in [3.8, 4) is 5.75 Å². The molecule has 0 bridgehead atoms. The molecule has 1 N–H and O–H groups in total. The summed E-state index contributed by atoms with van der Waals surface area (Å²) in [7, 11) is 1.72. The molecular formula is C18H24N4O2. The zero-order chi connectivity index (χ0) is 17.1. The first-order chi connectivity index (χ1) is 11.5. The molecule has 1 saturated carbocycles. The molecule has 6 heteroatoms. The van der Waals surface area contributed by atoms with E-state index in [1.165, 1.54) is 16.4 Å². The van der Waals surface area contributed by atoms with Crippen molar-refractivity contribution in [3.63, 3.8) is 0 Å². The molecule has 1 amide bonds. The van der Waals surface area contributed by atoms with Gasteiger partial charge in [0.15, 0.2) is 0 Å². The van der Waals surface area contributed by atoms with E-state index in [0.29, 0.717) is 11.6 Å². The molecule has 0 radical (unpaired) electrons. The molecule has 2 aromatic rings. The largest absolute Gasteiger partial charge is 0.491 e. The maximum atomic E-state index is 12.4. The lowest BCUT2D eigenvalue weighted by molar-refractivity contribution is 0.0925. The van der Waals surface area contributed by atoms with Gasteiger partial charge in [-0.1, -0.05) is 23.8 Å². The van der Waals surface area contributed by atoms with Gasteiger partial charge >= 0.3 is 0 Å². The summed E-state index contributed by atoms with van der Waals surface area (Å²) in [5, 5.41) is 10.7. The molecule has 3 rings (SSSR count). The van der Waals surface area contributed by atoms with Crippen molar-refractivity contribution in [3.05, 3.63) is 41.7 Å². The highest BCUT2D eigenvalue weighted by Gasteiger charge is 2.30. The van der Waals surface area contributed by atoms with Gasteiger partial charge in [0, 0.05) is 19.0 Å². The Morgan fingerprint density at radius 1 is 1.29 bits per heavy atom. The Hall–Kier alpha value is -2.37. The highest BCUT2D eigenvalue weighted by atomic mass is 16.5. The van der Waals surface area contributed by atoms with Crippen LogP contribution < -0.4 is 10.1 Å². The first-order valence-corrected chi connectivity index (χ1v) is 8.46. The van der Waals surface area contributed by atoms with Crippen molar-refractivity contribution in [2.75, 3.05) is 0 Å². The van der Waals surface area contributed by atoms with E-state index in [2.05, 4.69) is 27.8 Å². The topological polar surface area (TPSA) is 69.0 Å². The minimum absolute atomic E-state index is 0.112. The maximum absolute atomic E-state index is 12.4. The zero-order valence-corrected chi connectivity index (χ0v) is 14.4. The number of amides is 1.